The number of ether oxygens (including phenoxy) is 1. The van der Waals surface area contributed by atoms with E-state index in [9.17, 15) is 26.4 Å². The summed E-state index contributed by atoms with van der Waals surface area (Å²) in [5, 5.41) is 0.416. The van der Waals surface area contributed by atoms with E-state index < -0.39 is 38.9 Å². The smallest absolute Gasteiger partial charge is 0.416 e. The van der Waals surface area contributed by atoms with E-state index in [-0.39, 0.29) is 13.1 Å². The average Bonchev–Trinajstić information content (AvgIpc) is 3.00. The molecule has 2 aromatic carbocycles. The number of nitrogens with zero attached hydrogens (tertiary/aromatic N) is 1. The Balaban J connectivity index is 1.68. The third-order valence-corrected chi connectivity index (χ3v) is 5.62. The molecule has 1 heterocycles. The van der Waals surface area contributed by atoms with E-state index >= 15 is 0 Å². The van der Waals surface area contributed by atoms with Crippen molar-refractivity contribution >= 4 is 33.4 Å². The van der Waals surface area contributed by atoms with Gasteiger partial charge in [-0.25, -0.2) is 17.9 Å². The fraction of sp³-hybridized carbons (Fsp3) is 0.235. The minimum atomic E-state index is -4.66. The number of carbonyl (C=O) groups excluding carboxylic acids is 1. The zero-order valence-corrected chi connectivity index (χ0v) is 15.7. The van der Waals surface area contributed by atoms with Crippen molar-refractivity contribution in [2.75, 3.05) is 18.0 Å². The molecule has 0 aliphatic carbocycles. The molecule has 6 nitrogen and oxygen atoms in total. The third kappa shape index (κ3) is 4.57. The number of hydrogen-bond donors (Lipinski definition) is 1. The molecule has 1 amide bonds. The summed E-state index contributed by atoms with van der Waals surface area (Å²) in [6.45, 7) is -0.230. The summed E-state index contributed by atoms with van der Waals surface area (Å²) in [6.07, 6.45) is -6.15. The van der Waals surface area contributed by atoms with Gasteiger partial charge in [-0.1, -0.05) is 23.7 Å². The summed E-state index contributed by atoms with van der Waals surface area (Å²) in [5.41, 5.74) is -0.587. The number of sulfonamides is 1. The molecule has 1 N–H and O–H groups in total. The number of nitrogens with one attached hydrogen (secondary N) is 1. The van der Waals surface area contributed by atoms with Crippen molar-refractivity contribution in [3.8, 4) is 0 Å². The third-order valence-electron chi connectivity index (χ3n) is 3.97. The van der Waals surface area contributed by atoms with Crippen LogP contribution in [0, 0.1) is 0 Å². The number of halogens is 4. The number of hydrogen-bond acceptors (Lipinski definition) is 4. The van der Waals surface area contributed by atoms with Crippen LogP contribution in [0.15, 0.2) is 53.4 Å². The number of anilines is 1. The van der Waals surface area contributed by atoms with Crippen LogP contribution in [0.1, 0.15) is 5.56 Å². The van der Waals surface area contributed by atoms with Crippen molar-refractivity contribution in [3.63, 3.8) is 0 Å². The van der Waals surface area contributed by atoms with Crippen molar-refractivity contribution in [2.45, 2.75) is 17.2 Å². The van der Waals surface area contributed by atoms with Crippen molar-refractivity contribution in [2.24, 2.45) is 0 Å². The molecular formula is C17H14ClF3N2O4S. The lowest BCUT2D eigenvalue weighted by atomic mass is 10.2. The molecule has 3 rings (SSSR count). The highest BCUT2D eigenvalue weighted by atomic mass is 35.5. The monoisotopic (exact) mass is 434 g/mol. The second kappa shape index (κ2) is 7.61. The van der Waals surface area contributed by atoms with Crippen molar-refractivity contribution < 1.29 is 31.1 Å². The van der Waals surface area contributed by atoms with Crippen molar-refractivity contribution in [1.82, 2.24) is 4.72 Å². The molecule has 2 aromatic rings. The second-order valence-electron chi connectivity index (χ2n) is 5.97. The van der Waals surface area contributed by atoms with Gasteiger partial charge in [0.25, 0.3) is 0 Å². The van der Waals surface area contributed by atoms with E-state index in [1.54, 1.807) is 24.3 Å². The minimum absolute atomic E-state index is 0.0598. The number of alkyl halides is 3. The molecule has 0 bridgehead atoms. The molecule has 28 heavy (non-hydrogen) atoms. The van der Waals surface area contributed by atoms with E-state index in [2.05, 4.69) is 4.72 Å². The molecule has 0 aromatic heterocycles. The van der Waals surface area contributed by atoms with E-state index in [1.807, 2.05) is 0 Å². The molecule has 1 aliphatic rings. The summed E-state index contributed by atoms with van der Waals surface area (Å²) in [6, 6.07) is 9.86. The van der Waals surface area contributed by atoms with E-state index in [4.69, 9.17) is 16.3 Å². The number of rotatable bonds is 5. The fourth-order valence-electron chi connectivity index (χ4n) is 2.61. The fourth-order valence-corrected chi connectivity index (χ4v) is 3.90. The lowest BCUT2D eigenvalue weighted by Crippen LogP contribution is -2.34. The minimum Gasteiger partial charge on any atom is -0.443 e. The Kier molecular flexibility index (Phi) is 5.55. The maximum Gasteiger partial charge on any atom is 0.416 e. The van der Waals surface area contributed by atoms with Crippen LogP contribution >= 0.6 is 11.6 Å². The van der Waals surface area contributed by atoms with Crippen LogP contribution in [0.2, 0.25) is 5.02 Å². The topological polar surface area (TPSA) is 75.7 Å². The molecule has 0 spiro atoms. The largest absolute Gasteiger partial charge is 0.443 e. The molecule has 11 heteroatoms. The van der Waals surface area contributed by atoms with Gasteiger partial charge in [0, 0.05) is 17.3 Å². The zero-order chi connectivity index (χ0) is 20.5. The van der Waals surface area contributed by atoms with Crippen LogP contribution < -0.4 is 9.62 Å². The number of cyclic esters (lactones) is 1. The quantitative estimate of drug-likeness (QED) is 0.779. The summed E-state index contributed by atoms with van der Waals surface area (Å²) in [4.78, 5) is 12.8. The van der Waals surface area contributed by atoms with Crippen LogP contribution in [-0.2, 0) is 20.9 Å². The Morgan fingerprint density at radius 1 is 1.18 bits per heavy atom. The van der Waals surface area contributed by atoms with E-state index in [0.29, 0.717) is 16.8 Å². The predicted octanol–water partition coefficient (Wildman–Crippen LogP) is 3.66. The van der Waals surface area contributed by atoms with E-state index in [0.717, 1.165) is 18.2 Å². The van der Waals surface area contributed by atoms with Crippen LogP contribution in [0.3, 0.4) is 0 Å². The van der Waals surface area contributed by atoms with Gasteiger partial charge in [-0.05, 0) is 36.4 Å². The molecule has 0 radical (unpaired) electrons. The molecule has 1 saturated heterocycles. The molecule has 0 saturated carbocycles. The average molecular weight is 435 g/mol. The first-order valence-electron chi connectivity index (χ1n) is 7.97. The normalized spacial score (nSPS) is 17.6. The van der Waals surface area contributed by atoms with Gasteiger partial charge in [0.15, 0.2) is 0 Å². The summed E-state index contributed by atoms with van der Waals surface area (Å²) >= 11 is 5.89. The lowest BCUT2D eigenvalue weighted by Gasteiger charge is -2.14. The highest BCUT2D eigenvalue weighted by Crippen LogP contribution is 2.30. The highest BCUT2D eigenvalue weighted by Gasteiger charge is 2.34. The van der Waals surface area contributed by atoms with Gasteiger partial charge in [0.2, 0.25) is 10.0 Å². The Morgan fingerprint density at radius 2 is 1.89 bits per heavy atom. The summed E-state index contributed by atoms with van der Waals surface area (Å²) in [5.74, 6) is 0. The van der Waals surface area contributed by atoms with Crippen molar-refractivity contribution in [1.29, 1.82) is 0 Å². The Hall–Kier alpha value is -2.30. The standard InChI is InChI=1S/C17H14ClF3N2O4S/c18-12-4-2-5-13(8-12)23-10-14(27-16(23)24)9-22-28(25,26)15-6-1-3-11(7-15)17(19,20)21/h1-8,14,22H,9-10H2. The predicted molar refractivity (Wildman–Crippen MR) is 95.7 cm³/mol. The first-order chi connectivity index (χ1) is 13.1. The molecule has 1 aliphatic heterocycles. The zero-order valence-electron chi connectivity index (χ0n) is 14.1. The number of benzene rings is 2. The Bertz CT molecular complexity index is 998. The van der Waals surface area contributed by atoms with Gasteiger partial charge < -0.3 is 4.74 Å². The van der Waals surface area contributed by atoms with Gasteiger partial charge >= 0.3 is 12.3 Å². The first kappa shape index (κ1) is 20.4. The molecule has 150 valence electrons. The lowest BCUT2D eigenvalue weighted by molar-refractivity contribution is -0.137. The maximum absolute atomic E-state index is 12.8. The van der Waals surface area contributed by atoms with Crippen molar-refractivity contribution in [3.05, 3.63) is 59.1 Å². The SMILES string of the molecule is O=C1OC(CNS(=O)(=O)c2cccc(C(F)(F)F)c2)CN1c1cccc(Cl)c1. The van der Waals surface area contributed by atoms with Crippen LogP contribution in [0.25, 0.3) is 0 Å². The van der Waals surface area contributed by atoms with Gasteiger partial charge in [-0.2, -0.15) is 13.2 Å². The molecule has 1 unspecified atom stereocenters. The summed E-state index contributed by atoms with van der Waals surface area (Å²) < 4.78 is 70.2. The Labute approximate surface area is 163 Å². The van der Waals surface area contributed by atoms with E-state index in [1.165, 1.54) is 4.90 Å². The van der Waals surface area contributed by atoms with Gasteiger partial charge in [0.05, 0.1) is 17.0 Å². The first-order valence-corrected chi connectivity index (χ1v) is 9.83. The Morgan fingerprint density at radius 3 is 2.57 bits per heavy atom. The highest BCUT2D eigenvalue weighted by molar-refractivity contribution is 7.89. The van der Waals surface area contributed by atoms with Crippen LogP contribution in [0.4, 0.5) is 23.7 Å². The van der Waals surface area contributed by atoms with Gasteiger partial charge in [0.1, 0.15) is 6.10 Å². The molecule has 1 fully saturated rings. The van der Waals surface area contributed by atoms with Crippen LogP contribution in [-0.4, -0.2) is 33.7 Å². The van der Waals surface area contributed by atoms with Gasteiger partial charge in [-0.3, -0.25) is 4.90 Å². The van der Waals surface area contributed by atoms with Crippen LogP contribution in [0.5, 0.6) is 0 Å². The molecule has 1 atom stereocenters. The summed E-state index contributed by atoms with van der Waals surface area (Å²) in [7, 11) is -4.22. The number of amides is 1. The van der Waals surface area contributed by atoms with Gasteiger partial charge in [-0.15, -0.1) is 0 Å². The number of carbonyl (C=O) groups is 1. The maximum atomic E-state index is 12.8. The molecular weight excluding hydrogens is 421 g/mol. The second-order valence-corrected chi connectivity index (χ2v) is 8.18.